The number of aliphatic carboxylic acids is 1. The van der Waals surface area contributed by atoms with Crippen LogP contribution in [0.1, 0.15) is 34.3 Å². The molecule has 0 saturated carbocycles. The summed E-state index contributed by atoms with van der Waals surface area (Å²) in [5.74, 6) is -2.01. The molecule has 1 saturated heterocycles. The van der Waals surface area contributed by atoms with Crippen LogP contribution in [0.3, 0.4) is 0 Å². The van der Waals surface area contributed by atoms with Crippen LogP contribution in [0.5, 0.6) is 0 Å². The number of ketones is 1. The molecule has 2 aromatic rings. The summed E-state index contributed by atoms with van der Waals surface area (Å²) < 4.78 is 0. The van der Waals surface area contributed by atoms with Gasteiger partial charge in [-0.25, -0.2) is 4.79 Å². The summed E-state index contributed by atoms with van der Waals surface area (Å²) in [4.78, 5) is 47.3. The molecule has 1 aliphatic rings. The standard InChI is InChI=1S/C21H20N2O5/c24-18-11-10-16(22-18)20(26)23-17(21(27)28)12-13-6-8-15(9-7-13)19(25)14-4-2-1-3-5-14/h1-9,16-17H,10-12H2,(H,22,24)(H,23,26)(H,27,28)/t16-,17+/m1/s1. The highest BCUT2D eigenvalue weighted by molar-refractivity contribution is 6.08. The average molecular weight is 380 g/mol. The summed E-state index contributed by atoms with van der Waals surface area (Å²) in [6.45, 7) is 0. The minimum atomic E-state index is -1.16. The van der Waals surface area contributed by atoms with Gasteiger partial charge in [0.15, 0.2) is 5.78 Å². The number of amides is 2. The van der Waals surface area contributed by atoms with Gasteiger partial charge < -0.3 is 15.7 Å². The topological polar surface area (TPSA) is 113 Å². The van der Waals surface area contributed by atoms with Gasteiger partial charge in [0.25, 0.3) is 0 Å². The van der Waals surface area contributed by atoms with Crippen LogP contribution < -0.4 is 10.6 Å². The Labute approximate surface area is 161 Å². The van der Waals surface area contributed by atoms with E-state index in [0.717, 1.165) is 0 Å². The molecular formula is C21H20N2O5. The first kappa shape index (κ1) is 19.3. The van der Waals surface area contributed by atoms with Crippen LogP contribution in [0.15, 0.2) is 54.6 Å². The van der Waals surface area contributed by atoms with E-state index in [1.165, 1.54) is 0 Å². The van der Waals surface area contributed by atoms with Crippen LogP contribution in [-0.2, 0) is 20.8 Å². The molecule has 2 atom stereocenters. The lowest BCUT2D eigenvalue weighted by atomic mass is 9.99. The highest BCUT2D eigenvalue weighted by Gasteiger charge is 2.30. The quantitative estimate of drug-likeness (QED) is 0.627. The van der Waals surface area contributed by atoms with Crippen molar-refractivity contribution in [2.24, 2.45) is 0 Å². The molecule has 0 aliphatic carbocycles. The first-order valence-electron chi connectivity index (χ1n) is 8.95. The van der Waals surface area contributed by atoms with Crippen molar-refractivity contribution in [3.05, 3.63) is 71.3 Å². The SMILES string of the molecule is O=C1CC[C@H](C(=O)N[C@@H](Cc2ccc(C(=O)c3ccccc3)cc2)C(=O)O)N1. The van der Waals surface area contributed by atoms with Gasteiger partial charge in [-0.05, 0) is 12.0 Å². The Hall–Kier alpha value is -3.48. The Morgan fingerprint density at radius 1 is 1.04 bits per heavy atom. The van der Waals surface area contributed by atoms with Gasteiger partial charge in [0.1, 0.15) is 12.1 Å². The number of carboxylic acid groups (broad SMARTS) is 1. The molecule has 1 heterocycles. The van der Waals surface area contributed by atoms with Gasteiger partial charge in [0.05, 0.1) is 0 Å². The molecule has 2 aromatic carbocycles. The zero-order valence-electron chi connectivity index (χ0n) is 15.1. The third-order valence-corrected chi connectivity index (χ3v) is 4.62. The fourth-order valence-corrected chi connectivity index (χ4v) is 3.07. The molecule has 7 nitrogen and oxygen atoms in total. The van der Waals surface area contributed by atoms with Gasteiger partial charge in [-0.1, -0.05) is 54.6 Å². The predicted molar refractivity (Wildman–Crippen MR) is 101 cm³/mol. The average Bonchev–Trinajstić information content (AvgIpc) is 3.14. The molecule has 2 amide bonds. The second-order valence-electron chi connectivity index (χ2n) is 6.65. The first-order valence-corrected chi connectivity index (χ1v) is 8.95. The van der Waals surface area contributed by atoms with Crippen LogP contribution in [0.25, 0.3) is 0 Å². The molecule has 3 rings (SSSR count). The van der Waals surface area contributed by atoms with Gasteiger partial charge >= 0.3 is 5.97 Å². The number of benzene rings is 2. The smallest absolute Gasteiger partial charge is 0.326 e. The number of carbonyl (C=O) groups excluding carboxylic acids is 3. The number of hydrogen-bond acceptors (Lipinski definition) is 4. The maximum atomic E-state index is 12.4. The van der Waals surface area contributed by atoms with Gasteiger partial charge in [0, 0.05) is 24.0 Å². The van der Waals surface area contributed by atoms with Crippen LogP contribution in [0.2, 0.25) is 0 Å². The molecular weight excluding hydrogens is 360 g/mol. The lowest BCUT2D eigenvalue weighted by Gasteiger charge is -2.17. The van der Waals surface area contributed by atoms with Crippen molar-refractivity contribution in [2.45, 2.75) is 31.3 Å². The second-order valence-corrected chi connectivity index (χ2v) is 6.65. The summed E-state index contributed by atoms with van der Waals surface area (Å²) >= 11 is 0. The van der Waals surface area contributed by atoms with E-state index in [1.54, 1.807) is 48.5 Å². The van der Waals surface area contributed by atoms with E-state index in [0.29, 0.717) is 23.1 Å². The van der Waals surface area contributed by atoms with Crippen molar-refractivity contribution in [3.8, 4) is 0 Å². The molecule has 0 bridgehead atoms. The summed E-state index contributed by atoms with van der Waals surface area (Å²) in [6, 6.07) is 13.7. The van der Waals surface area contributed by atoms with Gasteiger partial charge in [-0.3, -0.25) is 14.4 Å². The summed E-state index contributed by atoms with van der Waals surface area (Å²) in [5, 5.41) is 14.4. The van der Waals surface area contributed by atoms with Gasteiger partial charge in [-0.2, -0.15) is 0 Å². The van der Waals surface area contributed by atoms with Crippen molar-refractivity contribution in [3.63, 3.8) is 0 Å². The van der Waals surface area contributed by atoms with Gasteiger partial charge in [-0.15, -0.1) is 0 Å². The highest BCUT2D eigenvalue weighted by atomic mass is 16.4. The van der Waals surface area contributed by atoms with Crippen molar-refractivity contribution in [1.82, 2.24) is 10.6 Å². The molecule has 144 valence electrons. The molecule has 0 unspecified atom stereocenters. The van der Waals surface area contributed by atoms with E-state index in [2.05, 4.69) is 10.6 Å². The van der Waals surface area contributed by atoms with Crippen LogP contribution in [0.4, 0.5) is 0 Å². The largest absolute Gasteiger partial charge is 0.480 e. The Bertz CT molecular complexity index is 893. The van der Waals surface area contributed by atoms with Crippen molar-refractivity contribution >= 4 is 23.6 Å². The minimum Gasteiger partial charge on any atom is -0.480 e. The number of nitrogens with one attached hydrogen (secondary N) is 2. The van der Waals surface area contributed by atoms with Crippen LogP contribution >= 0.6 is 0 Å². The molecule has 1 aliphatic heterocycles. The maximum absolute atomic E-state index is 12.4. The summed E-state index contributed by atoms with van der Waals surface area (Å²) in [5.41, 5.74) is 1.75. The number of carbonyl (C=O) groups is 4. The maximum Gasteiger partial charge on any atom is 0.326 e. The first-order chi connectivity index (χ1) is 13.4. The van der Waals surface area contributed by atoms with E-state index in [4.69, 9.17) is 0 Å². The fourth-order valence-electron chi connectivity index (χ4n) is 3.07. The molecule has 28 heavy (non-hydrogen) atoms. The number of carboxylic acids is 1. The normalized spacial score (nSPS) is 16.9. The second kappa shape index (κ2) is 8.47. The van der Waals surface area contributed by atoms with E-state index < -0.39 is 24.0 Å². The van der Waals surface area contributed by atoms with Gasteiger partial charge in [0.2, 0.25) is 11.8 Å². The van der Waals surface area contributed by atoms with Crippen LogP contribution in [-0.4, -0.2) is 40.8 Å². The van der Waals surface area contributed by atoms with Crippen LogP contribution in [0, 0.1) is 0 Å². The number of hydrogen-bond donors (Lipinski definition) is 3. The third kappa shape index (κ3) is 4.62. The fraction of sp³-hybridized carbons (Fsp3) is 0.238. The van der Waals surface area contributed by atoms with Crippen molar-refractivity contribution in [1.29, 1.82) is 0 Å². The molecule has 0 aromatic heterocycles. The lowest BCUT2D eigenvalue weighted by molar-refractivity contribution is -0.142. The zero-order valence-corrected chi connectivity index (χ0v) is 15.1. The monoisotopic (exact) mass is 380 g/mol. The zero-order chi connectivity index (χ0) is 20.1. The Morgan fingerprint density at radius 2 is 1.68 bits per heavy atom. The van der Waals surface area contributed by atoms with Crippen molar-refractivity contribution < 1.29 is 24.3 Å². The van der Waals surface area contributed by atoms with E-state index in [1.807, 2.05) is 6.07 Å². The third-order valence-electron chi connectivity index (χ3n) is 4.62. The molecule has 0 spiro atoms. The van der Waals surface area contributed by atoms with E-state index >= 15 is 0 Å². The minimum absolute atomic E-state index is 0.0710. The molecule has 7 heteroatoms. The summed E-state index contributed by atoms with van der Waals surface area (Å²) in [7, 11) is 0. The summed E-state index contributed by atoms with van der Waals surface area (Å²) in [6.07, 6.45) is 0.682. The number of rotatable bonds is 7. The van der Waals surface area contributed by atoms with Crippen molar-refractivity contribution in [2.75, 3.05) is 0 Å². The van der Waals surface area contributed by atoms with E-state index in [9.17, 15) is 24.3 Å². The molecule has 3 N–H and O–H groups in total. The Morgan fingerprint density at radius 3 is 2.25 bits per heavy atom. The Kier molecular flexibility index (Phi) is 5.84. The van der Waals surface area contributed by atoms with E-state index in [-0.39, 0.29) is 24.5 Å². The Balaban J connectivity index is 1.65. The highest BCUT2D eigenvalue weighted by Crippen LogP contribution is 2.13. The lowest BCUT2D eigenvalue weighted by Crippen LogP contribution is -2.49. The molecule has 1 fully saturated rings. The predicted octanol–water partition coefficient (Wildman–Crippen LogP) is 1.31. The molecule has 0 radical (unpaired) electrons.